The molecule has 7 nitrogen and oxygen atoms in total. The van der Waals surface area contributed by atoms with E-state index in [0.717, 1.165) is 6.21 Å². The van der Waals surface area contributed by atoms with Crippen molar-refractivity contribution >= 4 is 17.9 Å². The fourth-order valence-corrected chi connectivity index (χ4v) is 2.27. The molecule has 22 heavy (non-hydrogen) atoms. The molecule has 0 amide bonds. The third-order valence-corrected chi connectivity index (χ3v) is 3.39. The Kier molecular flexibility index (Phi) is 3.98. The van der Waals surface area contributed by atoms with Crippen molar-refractivity contribution in [1.82, 2.24) is 4.98 Å². The number of benzene rings is 1. The number of anilines is 1. The number of nitrogens with two attached hydrogens (primary N) is 1. The van der Waals surface area contributed by atoms with Crippen molar-refractivity contribution in [2.75, 3.05) is 5.73 Å². The summed E-state index contributed by atoms with van der Waals surface area (Å²) in [5.74, 6) is -2.03. The Labute approximate surface area is 125 Å². The predicted molar refractivity (Wildman–Crippen MR) is 82.8 cm³/mol. The minimum atomic E-state index is -1.49. The van der Waals surface area contributed by atoms with Crippen molar-refractivity contribution in [3.05, 3.63) is 45.2 Å². The van der Waals surface area contributed by atoms with Gasteiger partial charge in [0.15, 0.2) is 5.56 Å². The molecule has 0 aliphatic carbocycles. The molecule has 0 bridgehead atoms. The molecule has 2 rings (SSSR count). The fraction of sp³-hybridized carbons (Fsp3) is 0.133. The van der Waals surface area contributed by atoms with Gasteiger partial charge in [0.05, 0.1) is 5.69 Å². The maximum Gasteiger partial charge on any atom is 0.345 e. The number of nitrogen functional groups attached to an aromatic ring is 1. The summed E-state index contributed by atoms with van der Waals surface area (Å²) in [7, 11) is 0. The van der Waals surface area contributed by atoms with E-state index < -0.39 is 22.8 Å². The molecule has 1 heterocycles. The Morgan fingerprint density at radius 3 is 2.68 bits per heavy atom. The Hall–Kier alpha value is -3.09. The van der Waals surface area contributed by atoms with Crippen LogP contribution < -0.4 is 11.3 Å². The molecule has 0 saturated heterocycles. The van der Waals surface area contributed by atoms with Gasteiger partial charge in [-0.1, -0.05) is 13.0 Å². The van der Waals surface area contributed by atoms with E-state index in [1.807, 2.05) is 0 Å². The number of pyridine rings is 1. The highest BCUT2D eigenvalue weighted by molar-refractivity contribution is 5.92. The van der Waals surface area contributed by atoms with E-state index in [1.54, 1.807) is 25.1 Å². The Morgan fingerprint density at radius 1 is 1.45 bits per heavy atom. The highest BCUT2D eigenvalue weighted by atomic mass is 16.4. The summed E-state index contributed by atoms with van der Waals surface area (Å²) in [6, 6.07) is 4.80. The van der Waals surface area contributed by atoms with Gasteiger partial charge in [-0.15, -0.1) is 0 Å². The van der Waals surface area contributed by atoms with Crippen LogP contribution in [0.25, 0.3) is 11.3 Å². The first-order valence-corrected chi connectivity index (χ1v) is 6.52. The molecule has 0 atom stereocenters. The lowest BCUT2D eigenvalue weighted by atomic mass is 9.99. The standard InChI is InChI=1S/C15H15N3O4/c1-2-9-12(7-3-4-10(17)8(5-7)6-16)18-14(20)11(13(9)19)15(21)22/h3-6,16H,2,17H2,1H3,(H,21,22)(H2,18,19,20). The highest BCUT2D eigenvalue weighted by Gasteiger charge is 2.21. The van der Waals surface area contributed by atoms with Crippen LogP contribution in [0.3, 0.4) is 0 Å². The van der Waals surface area contributed by atoms with Crippen molar-refractivity contribution in [2.45, 2.75) is 13.3 Å². The number of aromatic nitrogens is 1. The quantitative estimate of drug-likeness (QED) is 0.431. The van der Waals surface area contributed by atoms with Gasteiger partial charge in [0.25, 0.3) is 5.56 Å². The molecule has 1 aromatic carbocycles. The van der Waals surface area contributed by atoms with Gasteiger partial charge in [-0.05, 0) is 24.1 Å². The first kappa shape index (κ1) is 15.3. The van der Waals surface area contributed by atoms with Gasteiger partial charge in [-0.3, -0.25) is 4.79 Å². The third kappa shape index (κ3) is 2.44. The molecular formula is C15H15N3O4. The van der Waals surface area contributed by atoms with E-state index in [-0.39, 0.29) is 0 Å². The summed E-state index contributed by atoms with van der Waals surface area (Å²) in [6.07, 6.45) is 1.40. The molecule has 0 unspecified atom stereocenters. The largest absolute Gasteiger partial charge is 0.506 e. The van der Waals surface area contributed by atoms with E-state index in [9.17, 15) is 14.7 Å². The van der Waals surface area contributed by atoms with Crippen LogP contribution in [0.1, 0.15) is 28.4 Å². The van der Waals surface area contributed by atoms with Crippen LogP contribution >= 0.6 is 0 Å². The average molecular weight is 301 g/mol. The van der Waals surface area contributed by atoms with Crippen LogP contribution in [0.15, 0.2) is 23.0 Å². The van der Waals surface area contributed by atoms with Crippen molar-refractivity contribution in [2.24, 2.45) is 0 Å². The number of carboxylic acid groups (broad SMARTS) is 1. The Bertz CT molecular complexity index is 824. The zero-order chi connectivity index (χ0) is 16.4. The average Bonchev–Trinajstić information content (AvgIpc) is 2.46. The smallest absolute Gasteiger partial charge is 0.345 e. The zero-order valence-electron chi connectivity index (χ0n) is 11.8. The first-order chi connectivity index (χ1) is 10.4. The second-order valence-electron chi connectivity index (χ2n) is 4.68. The monoisotopic (exact) mass is 301 g/mol. The Morgan fingerprint density at radius 2 is 2.14 bits per heavy atom. The molecule has 1 aromatic heterocycles. The number of nitrogens with one attached hydrogen (secondary N) is 2. The van der Waals surface area contributed by atoms with Crippen LogP contribution in [0, 0.1) is 5.41 Å². The molecule has 6 N–H and O–H groups in total. The number of H-pyrrole nitrogens is 1. The highest BCUT2D eigenvalue weighted by Crippen LogP contribution is 2.30. The summed E-state index contributed by atoms with van der Waals surface area (Å²) in [5, 5.41) is 26.4. The summed E-state index contributed by atoms with van der Waals surface area (Å²) in [4.78, 5) is 25.5. The molecule has 7 heteroatoms. The number of aromatic amines is 1. The van der Waals surface area contributed by atoms with Crippen LogP contribution in [0.2, 0.25) is 0 Å². The number of aromatic hydroxyl groups is 1. The van der Waals surface area contributed by atoms with Crippen molar-refractivity contribution in [3.63, 3.8) is 0 Å². The van der Waals surface area contributed by atoms with Crippen LogP contribution in [-0.4, -0.2) is 27.4 Å². The fourth-order valence-electron chi connectivity index (χ4n) is 2.27. The lowest BCUT2D eigenvalue weighted by Gasteiger charge is -2.13. The molecule has 0 fully saturated rings. The summed E-state index contributed by atoms with van der Waals surface area (Å²) >= 11 is 0. The topological polar surface area (TPSA) is 140 Å². The third-order valence-electron chi connectivity index (χ3n) is 3.39. The van der Waals surface area contributed by atoms with Gasteiger partial charge in [0.2, 0.25) is 0 Å². The normalized spacial score (nSPS) is 10.4. The summed E-state index contributed by atoms with van der Waals surface area (Å²) in [5.41, 5.74) is 6.20. The minimum Gasteiger partial charge on any atom is -0.506 e. The van der Waals surface area contributed by atoms with E-state index in [4.69, 9.17) is 16.2 Å². The molecule has 0 spiro atoms. The molecule has 0 saturated carbocycles. The van der Waals surface area contributed by atoms with Gasteiger partial charge in [-0.2, -0.15) is 0 Å². The van der Waals surface area contributed by atoms with Gasteiger partial charge in [-0.25, -0.2) is 4.79 Å². The lowest BCUT2D eigenvalue weighted by molar-refractivity contribution is 0.0691. The van der Waals surface area contributed by atoms with Crippen molar-refractivity contribution < 1.29 is 15.0 Å². The molecule has 0 aliphatic rings. The Balaban J connectivity index is 2.79. The van der Waals surface area contributed by atoms with E-state index in [2.05, 4.69) is 4.98 Å². The predicted octanol–water partition coefficient (Wildman–Crippen LogP) is 1.59. The molecule has 0 aliphatic heterocycles. The second kappa shape index (κ2) is 5.72. The van der Waals surface area contributed by atoms with Crippen LogP contribution in [0.4, 0.5) is 5.69 Å². The minimum absolute atomic E-state index is 0.317. The van der Waals surface area contributed by atoms with Gasteiger partial charge in [0.1, 0.15) is 5.75 Å². The summed E-state index contributed by atoms with van der Waals surface area (Å²) in [6.45, 7) is 1.73. The number of carboxylic acids is 1. The van der Waals surface area contributed by atoms with E-state index >= 15 is 0 Å². The molecular weight excluding hydrogens is 286 g/mol. The number of hydrogen-bond acceptors (Lipinski definition) is 5. The molecule has 2 aromatic rings. The first-order valence-electron chi connectivity index (χ1n) is 6.52. The van der Waals surface area contributed by atoms with Crippen LogP contribution in [0.5, 0.6) is 5.75 Å². The number of aromatic carboxylic acids is 1. The number of carbonyl (C=O) groups is 1. The number of hydrogen-bond donors (Lipinski definition) is 5. The number of rotatable bonds is 4. The van der Waals surface area contributed by atoms with Crippen molar-refractivity contribution in [3.8, 4) is 17.0 Å². The lowest BCUT2D eigenvalue weighted by Crippen LogP contribution is -2.20. The van der Waals surface area contributed by atoms with Crippen LogP contribution in [-0.2, 0) is 6.42 Å². The van der Waals surface area contributed by atoms with Gasteiger partial charge in [0, 0.05) is 23.0 Å². The zero-order valence-corrected chi connectivity index (χ0v) is 11.8. The summed E-state index contributed by atoms with van der Waals surface area (Å²) < 4.78 is 0. The van der Waals surface area contributed by atoms with Gasteiger partial charge >= 0.3 is 5.97 Å². The molecule has 0 radical (unpaired) electrons. The van der Waals surface area contributed by atoms with E-state index in [1.165, 1.54) is 0 Å². The second-order valence-corrected chi connectivity index (χ2v) is 4.68. The maximum absolute atomic E-state index is 11.9. The maximum atomic E-state index is 11.9. The SMILES string of the molecule is CCc1c(-c2ccc(N)c(C=N)c2)[nH]c(=O)c(C(=O)O)c1O. The molecule has 114 valence electrons. The van der Waals surface area contributed by atoms with E-state index in [0.29, 0.717) is 34.5 Å². The van der Waals surface area contributed by atoms with Gasteiger partial charge < -0.3 is 26.3 Å². The van der Waals surface area contributed by atoms with Crippen molar-refractivity contribution in [1.29, 1.82) is 5.41 Å².